The van der Waals surface area contributed by atoms with E-state index in [2.05, 4.69) is 5.32 Å². The summed E-state index contributed by atoms with van der Waals surface area (Å²) in [6.07, 6.45) is -0.135. The Labute approximate surface area is 155 Å². The third kappa shape index (κ3) is 5.66. The van der Waals surface area contributed by atoms with Gasteiger partial charge in [-0.05, 0) is 48.7 Å². The molecule has 0 aliphatic heterocycles. The van der Waals surface area contributed by atoms with Gasteiger partial charge in [-0.2, -0.15) is 0 Å². The molecule has 0 aliphatic rings. The SMILES string of the molecule is COc1ccc(C[C@@H](CC(=O)[O-])C(=O)Nc2ccc(Cl)c(Cl)c2)cc1. The molecule has 0 aliphatic carbocycles. The van der Waals surface area contributed by atoms with Crippen molar-refractivity contribution in [3.8, 4) is 5.75 Å². The molecule has 0 radical (unpaired) electrons. The summed E-state index contributed by atoms with van der Waals surface area (Å²) >= 11 is 11.8. The highest BCUT2D eigenvalue weighted by atomic mass is 35.5. The Morgan fingerprint density at radius 2 is 1.80 bits per heavy atom. The van der Waals surface area contributed by atoms with Crippen molar-refractivity contribution in [2.24, 2.45) is 5.92 Å². The van der Waals surface area contributed by atoms with Gasteiger partial charge in [0.1, 0.15) is 5.75 Å². The summed E-state index contributed by atoms with van der Waals surface area (Å²) in [4.78, 5) is 23.5. The number of halogens is 2. The number of carbonyl (C=O) groups excluding carboxylic acids is 2. The van der Waals surface area contributed by atoms with Crippen LogP contribution in [0.4, 0.5) is 5.69 Å². The highest BCUT2D eigenvalue weighted by Crippen LogP contribution is 2.26. The average molecular weight is 381 g/mol. The first-order valence-electron chi connectivity index (χ1n) is 7.47. The Morgan fingerprint density at radius 3 is 2.36 bits per heavy atom. The van der Waals surface area contributed by atoms with Gasteiger partial charge in [-0.1, -0.05) is 35.3 Å². The molecule has 0 bridgehead atoms. The molecule has 0 heterocycles. The van der Waals surface area contributed by atoms with Crippen molar-refractivity contribution in [2.45, 2.75) is 12.8 Å². The van der Waals surface area contributed by atoms with Gasteiger partial charge in [0.2, 0.25) is 5.91 Å². The van der Waals surface area contributed by atoms with E-state index < -0.39 is 17.8 Å². The smallest absolute Gasteiger partial charge is 0.228 e. The van der Waals surface area contributed by atoms with Crippen LogP contribution in [0.1, 0.15) is 12.0 Å². The molecule has 1 N–H and O–H groups in total. The maximum atomic E-state index is 12.5. The summed E-state index contributed by atoms with van der Waals surface area (Å²) < 4.78 is 5.08. The van der Waals surface area contributed by atoms with Gasteiger partial charge in [-0.25, -0.2) is 0 Å². The summed E-state index contributed by atoms with van der Waals surface area (Å²) in [6, 6.07) is 11.7. The van der Waals surface area contributed by atoms with Gasteiger partial charge >= 0.3 is 0 Å². The molecule has 1 atom stereocenters. The number of amides is 1. The Hall–Kier alpha value is -2.24. The molecule has 0 spiro atoms. The third-order valence-electron chi connectivity index (χ3n) is 3.61. The minimum Gasteiger partial charge on any atom is -0.550 e. The molecule has 132 valence electrons. The zero-order chi connectivity index (χ0) is 18.4. The summed E-state index contributed by atoms with van der Waals surface area (Å²) in [7, 11) is 1.55. The fraction of sp³-hybridized carbons (Fsp3) is 0.222. The van der Waals surface area contributed by atoms with E-state index >= 15 is 0 Å². The van der Waals surface area contributed by atoms with Crippen LogP contribution < -0.4 is 15.2 Å². The molecule has 0 fully saturated rings. The quantitative estimate of drug-likeness (QED) is 0.800. The minimum absolute atomic E-state index is 0.255. The topological polar surface area (TPSA) is 78.5 Å². The number of hydrogen-bond acceptors (Lipinski definition) is 4. The monoisotopic (exact) mass is 380 g/mol. The molecular weight excluding hydrogens is 365 g/mol. The van der Waals surface area contributed by atoms with E-state index in [9.17, 15) is 14.7 Å². The third-order valence-corrected chi connectivity index (χ3v) is 4.35. The summed E-state index contributed by atoms with van der Waals surface area (Å²) in [6.45, 7) is 0. The van der Waals surface area contributed by atoms with E-state index in [1.54, 1.807) is 43.5 Å². The molecule has 5 nitrogen and oxygen atoms in total. The number of benzene rings is 2. The van der Waals surface area contributed by atoms with E-state index in [1.807, 2.05) is 0 Å². The minimum atomic E-state index is -1.29. The number of rotatable bonds is 7. The number of ether oxygens (including phenoxy) is 1. The van der Waals surface area contributed by atoms with E-state index in [-0.39, 0.29) is 12.8 Å². The molecule has 0 saturated carbocycles. The predicted molar refractivity (Wildman–Crippen MR) is 94.9 cm³/mol. The zero-order valence-corrected chi connectivity index (χ0v) is 14.9. The second-order valence-corrected chi connectivity index (χ2v) is 6.26. The van der Waals surface area contributed by atoms with Crippen molar-refractivity contribution in [3.63, 3.8) is 0 Å². The van der Waals surface area contributed by atoms with Crippen molar-refractivity contribution < 1.29 is 19.4 Å². The van der Waals surface area contributed by atoms with Crippen LogP contribution in [-0.4, -0.2) is 19.0 Å². The zero-order valence-electron chi connectivity index (χ0n) is 13.4. The van der Waals surface area contributed by atoms with Gasteiger partial charge < -0.3 is 20.0 Å². The lowest BCUT2D eigenvalue weighted by molar-refractivity contribution is -0.306. The largest absolute Gasteiger partial charge is 0.550 e. The second kappa shape index (κ2) is 8.74. The molecular formula is C18H16Cl2NO4-. The van der Waals surface area contributed by atoms with Crippen molar-refractivity contribution >= 4 is 40.8 Å². The van der Waals surface area contributed by atoms with Crippen LogP contribution in [0.2, 0.25) is 10.0 Å². The lowest BCUT2D eigenvalue weighted by Crippen LogP contribution is -2.32. The Kier molecular flexibility index (Phi) is 6.67. The molecule has 1 amide bonds. The van der Waals surface area contributed by atoms with Gasteiger partial charge in [-0.3, -0.25) is 4.79 Å². The number of carboxylic acid groups (broad SMARTS) is 1. The molecule has 2 rings (SSSR count). The molecule has 7 heteroatoms. The van der Waals surface area contributed by atoms with Crippen molar-refractivity contribution in [3.05, 3.63) is 58.1 Å². The summed E-state index contributed by atoms with van der Waals surface area (Å²) in [5, 5.41) is 14.3. The number of methoxy groups -OCH3 is 1. The van der Waals surface area contributed by atoms with E-state index in [0.29, 0.717) is 21.5 Å². The number of anilines is 1. The summed E-state index contributed by atoms with van der Waals surface area (Å²) in [5.41, 5.74) is 1.26. The van der Waals surface area contributed by atoms with Crippen LogP contribution >= 0.6 is 23.2 Å². The van der Waals surface area contributed by atoms with E-state index in [1.165, 1.54) is 6.07 Å². The molecule has 0 aromatic heterocycles. The lowest BCUT2D eigenvalue weighted by Gasteiger charge is -2.18. The second-order valence-electron chi connectivity index (χ2n) is 5.44. The lowest BCUT2D eigenvalue weighted by atomic mass is 9.95. The fourth-order valence-corrected chi connectivity index (χ4v) is 2.62. The molecule has 2 aromatic rings. The van der Waals surface area contributed by atoms with E-state index in [0.717, 1.165) is 5.56 Å². The normalized spacial score (nSPS) is 11.6. The highest BCUT2D eigenvalue weighted by Gasteiger charge is 2.20. The van der Waals surface area contributed by atoms with Crippen molar-refractivity contribution in [2.75, 3.05) is 12.4 Å². The Bertz CT molecular complexity index is 762. The first-order chi connectivity index (χ1) is 11.9. The summed E-state index contributed by atoms with van der Waals surface area (Å²) in [5.74, 6) is -1.82. The van der Waals surface area contributed by atoms with Gasteiger partial charge in [0.05, 0.1) is 17.2 Å². The van der Waals surface area contributed by atoms with Gasteiger partial charge in [0.25, 0.3) is 0 Å². The van der Waals surface area contributed by atoms with Crippen LogP contribution in [0.15, 0.2) is 42.5 Å². The highest BCUT2D eigenvalue weighted by molar-refractivity contribution is 6.42. The van der Waals surface area contributed by atoms with Crippen LogP contribution in [0, 0.1) is 5.92 Å². The number of carboxylic acids is 1. The molecule has 2 aromatic carbocycles. The van der Waals surface area contributed by atoms with Crippen LogP contribution in [0.3, 0.4) is 0 Å². The average Bonchev–Trinajstić information content (AvgIpc) is 2.58. The van der Waals surface area contributed by atoms with Crippen LogP contribution in [0.25, 0.3) is 0 Å². The number of hydrogen-bond donors (Lipinski definition) is 1. The maximum absolute atomic E-state index is 12.5. The molecule has 0 saturated heterocycles. The molecule has 25 heavy (non-hydrogen) atoms. The van der Waals surface area contributed by atoms with Gasteiger partial charge in [-0.15, -0.1) is 0 Å². The first-order valence-corrected chi connectivity index (χ1v) is 8.23. The number of carbonyl (C=O) groups is 2. The number of aliphatic carboxylic acids is 1. The molecule has 0 unspecified atom stereocenters. The maximum Gasteiger partial charge on any atom is 0.228 e. The van der Waals surface area contributed by atoms with Crippen LogP contribution in [-0.2, 0) is 16.0 Å². The van der Waals surface area contributed by atoms with Gasteiger partial charge in [0, 0.05) is 17.6 Å². The van der Waals surface area contributed by atoms with E-state index in [4.69, 9.17) is 27.9 Å². The Balaban J connectivity index is 2.12. The fourth-order valence-electron chi connectivity index (χ4n) is 2.32. The van der Waals surface area contributed by atoms with Gasteiger partial charge in [0.15, 0.2) is 0 Å². The standard InChI is InChI=1S/C18H17Cl2NO4/c1-25-14-5-2-11(3-6-14)8-12(9-17(22)23)18(24)21-13-4-7-15(19)16(20)10-13/h2-7,10,12H,8-9H2,1H3,(H,21,24)(H,22,23)/p-1/t12-/m0/s1. The van der Waals surface area contributed by atoms with Crippen LogP contribution in [0.5, 0.6) is 5.75 Å². The first kappa shape index (κ1) is 19.1. The predicted octanol–water partition coefficient (Wildman–Crippen LogP) is 2.94. The van der Waals surface area contributed by atoms with Crippen molar-refractivity contribution in [1.29, 1.82) is 0 Å². The van der Waals surface area contributed by atoms with Crippen molar-refractivity contribution in [1.82, 2.24) is 0 Å². The Morgan fingerprint density at radius 1 is 1.12 bits per heavy atom. The number of nitrogens with one attached hydrogen (secondary N) is 1.